The molecule has 2 aliphatic heterocycles. The second-order valence-corrected chi connectivity index (χ2v) is 10.3. The van der Waals surface area contributed by atoms with Crippen molar-refractivity contribution in [2.24, 2.45) is 10.1 Å². The van der Waals surface area contributed by atoms with Gasteiger partial charge in [0.05, 0.1) is 23.8 Å². The first-order chi connectivity index (χ1) is 17.8. The van der Waals surface area contributed by atoms with Gasteiger partial charge in [-0.1, -0.05) is 23.7 Å². The Bertz CT molecular complexity index is 1430. The number of nitrogens with zero attached hydrogens (tertiary/aromatic N) is 4. The van der Waals surface area contributed by atoms with Crippen LogP contribution >= 0.6 is 23.4 Å². The number of phenolic OH excluding ortho intramolecular Hbond substituents is 1. The molecule has 9 heteroatoms. The molecule has 188 valence electrons. The molecule has 0 fully saturated rings. The van der Waals surface area contributed by atoms with Crippen molar-refractivity contribution in [2.45, 2.75) is 12.5 Å². The van der Waals surface area contributed by atoms with Crippen molar-refractivity contribution in [1.82, 2.24) is 5.01 Å². The van der Waals surface area contributed by atoms with Crippen LogP contribution in [0.5, 0.6) is 11.5 Å². The number of benzene rings is 3. The normalized spacial score (nSPS) is 18.3. The van der Waals surface area contributed by atoms with Gasteiger partial charge in [-0.3, -0.25) is 4.79 Å². The van der Waals surface area contributed by atoms with Crippen LogP contribution in [0, 0.1) is 0 Å². The van der Waals surface area contributed by atoms with E-state index in [9.17, 15) is 9.90 Å². The van der Waals surface area contributed by atoms with E-state index in [0.29, 0.717) is 27.1 Å². The van der Waals surface area contributed by atoms with E-state index in [0.717, 1.165) is 28.3 Å². The monoisotopic (exact) mass is 532 g/mol. The molecule has 0 spiro atoms. The van der Waals surface area contributed by atoms with Gasteiger partial charge in [0.15, 0.2) is 5.17 Å². The number of amidine groups is 1. The molecular weight excluding hydrogens is 508 g/mol. The van der Waals surface area contributed by atoms with E-state index >= 15 is 0 Å². The van der Waals surface area contributed by atoms with Gasteiger partial charge < -0.3 is 14.7 Å². The lowest BCUT2D eigenvalue weighted by molar-refractivity contribution is -0.113. The Morgan fingerprint density at radius 1 is 1.11 bits per heavy atom. The number of halogens is 1. The van der Waals surface area contributed by atoms with Gasteiger partial charge in [-0.15, -0.1) is 0 Å². The molecule has 2 heterocycles. The molecule has 0 saturated carbocycles. The predicted molar refractivity (Wildman–Crippen MR) is 151 cm³/mol. The zero-order valence-corrected chi connectivity index (χ0v) is 22.1. The minimum Gasteiger partial charge on any atom is -0.507 e. The van der Waals surface area contributed by atoms with Crippen LogP contribution < -0.4 is 9.64 Å². The number of ether oxygens (including phenoxy) is 1. The van der Waals surface area contributed by atoms with Gasteiger partial charge in [-0.05, 0) is 83.6 Å². The summed E-state index contributed by atoms with van der Waals surface area (Å²) in [6, 6.07) is 20.7. The fraction of sp³-hybridized carbons (Fsp3) is 0.179. The fourth-order valence-corrected chi connectivity index (χ4v) is 5.26. The number of hydrogen-bond donors (Lipinski definition) is 1. The van der Waals surface area contributed by atoms with Crippen molar-refractivity contribution in [3.05, 3.63) is 93.3 Å². The quantitative estimate of drug-likeness (QED) is 0.410. The topological polar surface area (TPSA) is 77.7 Å². The first kappa shape index (κ1) is 24.9. The smallest absolute Gasteiger partial charge is 0.286 e. The zero-order valence-electron chi connectivity index (χ0n) is 20.6. The van der Waals surface area contributed by atoms with Crippen LogP contribution in [-0.4, -0.2) is 48.1 Å². The molecule has 2 aliphatic rings. The second kappa shape index (κ2) is 10.3. The Morgan fingerprint density at radius 2 is 1.84 bits per heavy atom. The number of aliphatic imine (C=N–C) groups is 1. The summed E-state index contributed by atoms with van der Waals surface area (Å²) in [6.07, 6.45) is 2.26. The molecule has 37 heavy (non-hydrogen) atoms. The number of methoxy groups -OCH3 is 1. The number of carbonyl (C=O) groups is 1. The minimum atomic E-state index is -0.380. The van der Waals surface area contributed by atoms with Crippen LogP contribution in [0.15, 0.2) is 81.7 Å². The minimum absolute atomic E-state index is 0.0404. The number of phenols is 1. The molecule has 0 bridgehead atoms. The average Bonchev–Trinajstić information content (AvgIpc) is 3.50. The van der Waals surface area contributed by atoms with E-state index in [2.05, 4.69) is 29.3 Å². The van der Waals surface area contributed by atoms with E-state index in [1.165, 1.54) is 17.8 Å². The van der Waals surface area contributed by atoms with Crippen molar-refractivity contribution >= 4 is 51.9 Å². The summed E-state index contributed by atoms with van der Waals surface area (Å²) in [5.74, 6) is 0.433. The fourth-order valence-electron chi connectivity index (χ4n) is 4.18. The summed E-state index contributed by atoms with van der Waals surface area (Å²) in [4.78, 5) is 19.6. The molecule has 1 N–H and O–H groups in total. The number of thioether (sulfide) groups is 1. The standard InChI is InChI=1S/C28H25ClN4O3S/c1-32(2)21-9-4-18(5-10-21)24-16-23(17-6-11-22(36-3)12-7-17)31-33(24)28-30-27(35)26(37-28)15-19-14-20(29)8-13-25(19)34/h4-15,24,34H,16H2,1-3H3/b26-15-. The summed E-state index contributed by atoms with van der Waals surface area (Å²) in [6.45, 7) is 0. The van der Waals surface area contributed by atoms with Crippen LogP contribution in [0.4, 0.5) is 5.69 Å². The highest BCUT2D eigenvalue weighted by Gasteiger charge is 2.36. The number of hydrazone groups is 1. The molecule has 1 atom stereocenters. The highest BCUT2D eigenvalue weighted by atomic mass is 35.5. The number of aromatic hydroxyl groups is 1. The molecule has 0 saturated heterocycles. The highest BCUT2D eigenvalue weighted by molar-refractivity contribution is 8.18. The second-order valence-electron chi connectivity index (χ2n) is 8.84. The van der Waals surface area contributed by atoms with E-state index < -0.39 is 0 Å². The van der Waals surface area contributed by atoms with Crippen LogP contribution in [0.25, 0.3) is 6.08 Å². The zero-order chi connectivity index (χ0) is 26.1. The van der Waals surface area contributed by atoms with E-state index in [4.69, 9.17) is 21.4 Å². The summed E-state index contributed by atoms with van der Waals surface area (Å²) in [5, 5.41) is 17.9. The summed E-state index contributed by atoms with van der Waals surface area (Å²) < 4.78 is 5.30. The Balaban J connectivity index is 1.48. The SMILES string of the molecule is COc1ccc(C2=NN(C3=NC(=O)/C(=C/c4cc(Cl)ccc4O)S3)C(c3ccc(N(C)C)cc3)C2)cc1. The van der Waals surface area contributed by atoms with E-state index in [-0.39, 0.29) is 17.7 Å². The number of carbonyl (C=O) groups excluding carboxylic acids is 1. The molecule has 5 rings (SSSR count). The predicted octanol–water partition coefficient (Wildman–Crippen LogP) is 5.94. The number of anilines is 1. The molecule has 1 unspecified atom stereocenters. The molecule has 0 aliphatic carbocycles. The Labute approximate surface area is 224 Å². The maximum Gasteiger partial charge on any atom is 0.286 e. The van der Waals surface area contributed by atoms with Crippen molar-refractivity contribution in [3.63, 3.8) is 0 Å². The molecule has 7 nitrogen and oxygen atoms in total. The molecule has 3 aromatic rings. The van der Waals surface area contributed by atoms with Crippen LogP contribution in [0.2, 0.25) is 5.02 Å². The Morgan fingerprint density at radius 3 is 2.51 bits per heavy atom. The maximum absolute atomic E-state index is 12.8. The lowest BCUT2D eigenvalue weighted by atomic mass is 9.98. The first-order valence-corrected chi connectivity index (χ1v) is 12.8. The van der Waals surface area contributed by atoms with Gasteiger partial charge in [-0.2, -0.15) is 10.1 Å². The lowest BCUT2D eigenvalue weighted by Gasteiger charge is -2.23. The van der Waals surface area contributed by atoms with Gasteiger partial charge in [0.2, 0.25) is 0 Å². The third-order valence-electron chi connectivity index (χ3n) is 6.21. The maximum atomic E-state index is 12.8. The van der Waals surface area contributed by atoms with Crippen LogP contribution in [-0.2, 0) is 4.79 Å². The summed E-state index contributed by atoms with van der Waals surface area (Å²) in [7, 11) is 5.64. The molecule has 3 aromatic carbocycles. The van der Waals surface area contributed by atoms with Gasteiger partial charge in [0.1, 0.15) is 11.5 Å². The molecule has 1 amide bonds. The summed E-state index contributed by atoms with van der Waals surface area (Å²) >= 11 is 7.32. The van der Waals surface area contributed by atoms with Crippen LogP contribution in [0.1, 0.15) is 29.2 Å². The van der Waals surface area contributed by atoms with Crippen molar-refractivity contribution in [3.8, 4) is 11.5 Å². The molecule has 0 radical (unpaired) electrons. The number of rotatable bonds is 5. The summed E-state index contributed by atoms with van der Waals surface area (Å²) in [5.41, 5.74) is 4.50. The highest BCUT2D eigenvalue weighted by Crippen LogP contribution is 2.40. The van der Waals surface area contributed by atoms with Crippen molar-refractivity contribution in [2.75, 3.05) is 26.1 Å². The Kier molecular flexibility index (Phi) is 6.95. The first-order valence-electron chi connectivity index (χ1n) is 11.6. The third kappa shape index (κ3) is 5.21. The van der Waals surface area contributed by atoms with Gasteiger partial charge in [-0.25, -0.2) is 5.01 Å². The van der Waals surface area contributed by atoms with Gasteiger partial charge in [0, 0.05) is 36.8 Å². The van der Waals surface area contributed by atoms with Gasteiger partial charge in [0.25, 0.3) is 5.91 Å². The Hall–Kier alpha value is -3.75. The number of amides is 1. The van der Waals surface area contributed by atoms with Gasteiger partial charge >= 0.3 is 0 Å². The largest absolute Gasteiger partial charge is 0.507 e. The average molecular weight is 533 g/mol. The molecule has 0 aromatic heterocycles. The lowest BCUT2D eigenvalue weighted by Crippen LogP contribution is -2.23. The van der Waals surface area contributed by atoms with Crippen molar-refractivity contribution < 1.29 is 14.6 Å². The van der Waals surface area contributed by atoms with Crippen LogP contribution in [0.3, 0.4) is 0 Å². The third-order valence-corrected chi connectivity index (χ3v) is 7.42. The van der Waals surface area contributed by atoms with E-state index in [1.54, 1.807) is 25.3 Å². The number of hydrogen-bond acceptors (Lipinski definition) is 7. The molecular formula is C28H25ClN4O3S. The van der Waals surface area contributed by atoms with Crippen molar-refractivity contribution in [1.29, 1.82) is 0 Å². The van der Waals surface area contributed by atoms with E-state index in [1.807, 2.05) is 48.3 Å².